The molecule has 0 saturated carbocycles. The summed E-state index contributed by atoms with van der Waals surface area (Å²) in [6, 6.07) is 10.2. The normalized spacial score (nSPS) is 11.2. The van der Waals surface area contributed by atoms with Crippen LogP contribution in [0.2, 0.25) is 0 Å². The van der Waals surface area contributed by atoms with E-state index in [1.54, 1.807) is 12.4 Å². The van der Waals surface area contributed by atoms with Crippen LogP contribution in [-0.4, -0.2) is 34.7 Å². The van der Waals surface area contributed by atoms with E-state index in [2.05, 4.69) is 70.6 Å². The van der Waals surface area contributed by atoms with Crippen LogP contribution in [0.4, 0.5) is 0 Å². The number of H-pyrrole nitrogens is 1. The van der Waals surface area contributed by atoms with Gasteiger partial charge < -0.3 is 0 Å². The van der Waals surface area contributed by atoms with Gasteiger partial charge in [-0.3, -0.25) is 14.1 Å². The van der Waals surface area contributed by atoms with Crippen molar-refractivity contribution in [2.24, 2.45) is 0 Å². The van der Waals surface area contributed by atoms with E-state index in [1.807, 2.05) is 15.2 Å². The van der Waals surface area contributed by atoms with E-state index in [4.69, 9.17) is 0 Å². The van der Waals surface area contributed by atoms with Crippen LogP contribution in [0.25, 0.3) is 22.5 Å². The highest BCUT2D eigenvalue weighted by molar-refractivity contribution is 5.79. The van der Waals surface area contributed by atoms with Crippen molar-refractivity contribution in [2.75, 3.05) is 0 Å². The van der Waals surface area contributed by atoms with E-state index in [-0.39, 0.29) is 5.69 Å². The molecule has 0 amide bonds. The SMILES string of the molecule is CCCCn1c(C)c(CCC)n(Cc2ccc(-c3ccncc3-c3nn[nH]n3)cc2)c1=O. The van der Waals surface area contributed by atoms with Crippen LogP contribution in [-0.2, 0) is 19.5 Å². The molecule has 32 heavy (non-hydrogen) atoms. The zero-order chi connectivity index (χ0) is 22.5. The van der Waals surface area contributed by atoms with Crippen LogP contribution in [0.1, 0.15) is 50.1 Å². The predicted molar refractivity (Wildman–Crippen MR) is 124 cm³/mol. The van der Waals surface area contributed by atoms with Gasteiger partial charge in [-0.2, -0.15) is 5.21 Å². The molecule has 0 aliphatic carbocycles. The van der Waals surface area contributed by atoms with Gasteiger partial charge in [0.05, 0.1) is 6.54 Å². The summed E-state index contributed by atoms with van der Waals surface area (Å²) in [5.41, 5.74) is 6.27. The van der Waals surface area contributed by atoms with Crippen molar-refractivity contribution in [3.63, 3.8) is 0 Å². The number of nitrogens with one attached hydrogen (secondary N) is 1. The quantitative estimate of drug-likeness (QED) is 0.432. The smallest absolute Gasteiger partial charge is 0.296 e. The number of aromatic amines is 1. The first-order valence-electron chi connectivity index (χ1n) is 11.2. The highest BCUT2D eigenvalue weighted by atomic mass is 16.1. The van der Waals surface area contributed by atoms with Gasteiger partial charge in [0.15, 0.2) is 0 Å². The molecule has 0 bridgehead atoms. The Kier molecular flexibility index (Phi) is 6.58. The maximum absolute atomic E-state index is 13.2. The Hall–Kier alpha value is -3.55. The van der Waals surface area contributed by atoms with Gasteiger partial charge in [-0.15, -0.1) is 10.2 Å². The summed E-state index contributed by atoms with van der Waals surface area (Å²) in [5, 5.41) is 14.3. The summed E-state index contributed by atoms with van der Waals surface area (Å²) >= 11 is 0. The van der Waals surface area contributed by atoms with Crippen LogP contribution in [0, 0.1) is 6.92 Å². The van der Waals surface area contributed by atoms with Crippen molar-refractivity contribution in [3.05, 3.63) is 70.2 Å². The highest BCUT2D eigenvalue weighted by Gasteiger charge is 2.16. The molecule has 1 N–H and O–H groups in total. The molecule has 0 aliphatic rings. The van der Waals surface area contributed by atoms with E-state index in [1.165, 1.54) is 0 Å². The Labute approximate surface area is 187 Å². The number of benzene rings is 1. The summed E-state index contributed by atoms with van der Waals surface area (Å²) in [4.78, 5) is 17.4. The van der Waals surface area contributed by atoms with Crippen LogP contribution in [0.3, 0.4) is 0 Å². The van der Waals surface area contributed by atoms with E-state index < -0.39 is 0 Å². The third-order valence-electron chi connectivity index (χ3n) is 5.85. The van der Waals surface area contributed by atoms with Crippen molar-refractivity contribution in [1.29, 1.82) is 0 Å². The van der Waals surface area contributed by atoms with Crippen LogP contribution in [0.5, 0.6) is 0 Å². The van der Waals surface area contributed by atoms with Crippen LogP contribution >= 0.6 is 0 Å². The lowest BCUT2D eigenvalue weighted by Gasteiger charge is -2.10. The second kappa shape index (κ2) is 9.72. The molecule has 4 aromatic rings. The Morgan fingerprint density at radius 1 is 1.00 bits per heavy atom. The fraction of sp³-hybridized carbons (Fsp3) is 0.375. The van der Waals surface area contributed by atoms with E-state index in [0.717, 1.165) is 65.9 Å². The van der Waals surface area contributed by atoms with Gasteiger partial charge in [-0.05, 0) is 47.7 Å². The number of tetrazole rings is 1. The first-order chi connectivity index (χ1) is 15.6. The molecule has 166 valence electrons. The van der Waals surface area contributed by atoms with E-state index in [0.29, 0.717) is 12.4 Å². The summed E-state index contributed by atoms with van der Waals surface area (Å²) in [7, 11) is 0. The zero-order valence-electron chi connectivity index (χ0n) is 18.9. The molecule has 1 aromatic carbocycles. The summed E-state index contributed by atoms with van der Waals surface area (Å²) in [5.74, 6) is 0.511. The molecular formula is C24H29N7O. The molecule has 0 saturated heterocycles. The number of rotatable bonds is 9. The lowest BCUT2D eigenvalue weighted by Crippen LogP contribution is -2.26. The van der Waals surface area contributed by atoms with Crippen molar-refractivity contribution in [3.8, 4) is 22.5 Å². The van der Waals surface area contributed by atoms with Crippen molar-refractivity contribution in [1.82, 2.24) is 34.7 Å². The minimum atomic E-state index is 0.0944. The third kappa shape index (κ3) is 4.26. The molecule has 0 spiro atoms. The maximum Gasteiger partial charge on any atom is 0.328 e. The number of imidazole rings is 1. The van der Waals surface area contributed by atoms with Crippen molar-refractivity contribution < 1.29 is 0 Å². The molecule has 0 radical (unpaired) electrons. The first-order valence-corrected chi connectivity index (χ1v) is 11.2. The standard InChI is InChI=1S/C24H29N7O/c1-4-6-14-30-17(3)22(7-5-2)31(24(30)32)16-18-8-10-19(11-9-18)20-12-13-25-15-21(20)23-26-28-29-27-23/h8-13,15H,4-7,14,16H2,1-3H3,(H,26,27,28,29). The van der Waals surface area contributed by atoms with Gasteiger partial charge in [-0.25, -0.2) is 4.79 Å². The number of aromatic nitrogens is 7. The summed E-state index contributed by atoms with van der Waals surface area (Å²) < 4.78 is 3.89. The Balaban J connectivity index is 1.64. The van der Waals surface area contributed by atoms with E-state index in [9.17, 15) is 4.79 Å². The fourth-order valence-corrected chi connectivity index (χ4v) is 4.12. The highest BCUT2D eigenvalue weighted by Crippen LogP contribution is 2.29. The second-order valence-electron chi connectivity index (χ2n) is 8.01. The average molecular weight is 432 g/mol. The number of nitrogens with zero attached hydrogens (tertiary/aromatic N) is 6. The predicted octanol–water partition coefficient (Wildman–Crippen LogP) is 4.00. The molecular weight excluding hydrogens is 402 g/mol. The van der Waals surface area contributed by atoms with Gasteiger partial charge in [0.1, 0.15) is 0 Å². The van der Waals surface area contributed by atoms with Gasteiger partial charge in [0.25, 0.3) is 0 Å². The number of hydrogen-bond acceptors (Lipinski definition) is 5. The topological polar surface area (TPSA) is 94.3 Å². The number of pyridine rings is 1. The third-order valence-corrected chi connectivity index (χ3v) is 5.85. The van der Waals surface area contributed by atoms with Crippen LogP contribution in [0.15, 0.2) is 47.5 Å². The summed E-state index contributed by atoms with van der Waals surface area (Å²) in [6.07, 6.45) is 7.50. The van der Waals surface area contributed by atoms with Gasteiger partial charge >= 0.3 is 5.69 Å². The molecule has 0 atom stereocenters. The molecule has 4 rings (SSSR count). The summed E-state index contributed by atoms with van der Waals surface area (Å²) in [6.45, 7) is 7.74. The minimum Gasteiger partial charge on any atom is -0.296 e. The molecule has 0 aliphatic heterocycles. The van der Waals surface area contributed by atoms with Crippen LogP contribution < -0.4 is 5.69 Å². The monoisotopic (exact) mass is 431 g/mol. The molecule has 3 heterocycles. The lowest BCUT2D eigenvalue weighted by molar-refractivity contribution is 0.584. The van der Waals surface area contributed by atoms with Gasteiger partial charge in [0.2, 0.25) is 5.82 Å². The molecule has 8 heteroatoms. The Morgan fingerprint density at radius 2 is 1.81 bits per heavy atom. The molecule has 3 aromatic heterocycles. The number of hydrogen-bond donors (Lipinski definition) is 1. The molecule has 0 fully saturated rings. The van der Waals surface area contributed by atoms with Crippen molar-refractivity contribution >= 4 is 0 Å². The van der Waals surface area contributed by atoms with Crippen molar-refractivity contribution in [2.45, 2.75) is 59.5 Å². The largest absolute Gasteiger partial charge is 0.328 e. The van der Waals surface area contributed by atoms with E-state index >= 15 is 0 Å². The molecule has 0 unspecified atom stereocenters. The zero-order valence-corrected chi connectivity index (χ0v) is 18.9. The van der Waals surface area contributed by atoms with Gasteiger partial charge in [0, 0.05) is 35.9 Å². The number of unbranched alkanes of at least 4 members (excludes halogenated alkanes) is 1. The van der Waals surface area contributed by atoms with Gasteiger partial charge in [-0.1, -0.05) is 51.0 Å². The fourth-order valence-electron chi connectivity index (χ4n) is 4.12. The minimum absolute atomic E-state index is 0.0944. The second-order valence-corrected chi connectivity index (χ2v) is 8.01. The average Bonchev–Trinajstić information content (AvgIpc) is 3.43. The molecule has 8 nitrogen and oxygen atoms in total. The Morgan fingerprint density at radius 3 is 2.50 bits per heavy atom. The maximum atomic E-state index is 13.2. The lowest BCUT2D eigenvalue weighted by atomic mass is 10.00. The Bertz CT molecular complexity index is 1220. The first kappa shape index (κ1) is 21.7.